The summed E-state index contributed by atoms with van der Waals surface area (Å²) in [7, 11) is 0. The quantitative estimate of drug-likeness (QED) is 0.255. The molecule has 0 unspecified atom stereocenters. The first-order valence-electron chi connectivity index (χ1n) is 11.6. The lowest BCUT2D eigenvalue weighted by Crippen LogP contribution is -2.33. The van der Waals surface area contributed by atoms with Crippen molar-refractivity contribution in [2.24, 2.45) is 0 Å². The van der Waals surface area contributed by atoms with Crippen LogP contribution in [0.3, 0.4) is 0 Å². The van der Waals surface area contributed by atoms with Gasteiger partial charge in [0, 0.05) is 25.6 Å². The molecule has 36 heavy (non-hydrogen) atoms. The third-order valence-electron chi connectivity index (χ3n) is 6.10. The van der Waals surface area contributed by atoms with Crippen molar-refractivity contribution in [3.63, 3.8) is 0 Å². The molecule has 5 rings (SSSR count). The third-order valence-corrected chi connectivity index (χ3v) is 7.88. The van der Waals surface area contributed by atoms with Crippen molar-refractivity contribution in [1.82, 2.24) is 14.1 Å². The molecule has 1 aliphatic rings. The normalized spacial score (nSPS) is 19.3. The third kappa shape index (κ3) is 5.02. The summed E-state index contributed by atoms with van der Waals surface area (Å²) in [4.78, 5) is 29.3. The van der Waals surface area contributed by atoms with Gasteiger partial charge in [-0.25, -0.2) is 4.79 Å². The molecule has 0 saturated carbocycles. The van der Waals surface area contributed by atoms with Gasteiger partial charge >= 0.3 is 5.69 Å². The van der Waals surface area contributed by atoms with Gasteiger partial charge in [0.1, 0.15) is 17.9 Å². The molecular weight excluding hydrogens is 498 g/mol. The second-order valence-corrected chi connectivity index (χ2v) is 10.3. The fourth-order valence-electron chi connectivity index (χ4n) is 4.31. The fourth-order valence-corrected chi connectivity index (χ4v) is 5.83. The van der Waals surface area contributed by atoms with E-state index in [1.165, 1.54) is 31.9 Å². The van der Waals surface area contributed by atoms with Crippen molar-refractivity contribution in [1.29, 1.82) is 0 Å². The smallest absolute Gasteiger partial charge is 0.330 e. The van der Waals surface area contributed by atoms with Gasteiger partial charge < -0.3 is 19.5 Å². The Hall–Kier alpha value is -3.20. The molecule has 1 fully saturated rings. The monoisotopic (exact) mass is 523 g/mol. The Kier molecular flexibility index (Phi) is 7.36. The molecule has 4 aromatic heterocycles. The SMILES string of the molecule is O=c1[nH]c(=O)n([C@H]2C[C@H](O)[C@@H](CO)O2)cc1C#CCCCn1c(-c2cccs2)ccc1-c1cccs1. The van der Waals surface area contributed by atoms with Crippen LogP contribution in [0, 0.1) is 11.8 Å². The summed E-state index contributed by atoms with van der Waals surface area (Å²) in [5.41, 5.74) is 1.29. The predicted octanol–water partition coefficient (Wildman–Crippen LogP) is 3.27. The highest BCUT2D eigenvalue weighted by molar-refractivity contribution is 7.14. The number of aromatic amines is 1. The van der Waals surface area contributed by atoms with Crippen molar-refractivity contribution >= 4 is 22.7 Å². The van der Waals surface area contributed by atoms with Crippen molar-refractivity contribution in [3.8, 4) is 33.0 Å². The first-order chi connectivity index (χ1) is 17.5. The minimum absolute atomic E-state index is 0.139. The Morgan fingerprint density at radius 3 is 2.36 bits per heavy atom. The van der Waals surface area contributed by atoms with Gasteiger partial charge in [-0.3, -0.25) is 14.3 Å². The van der Waals surface area contributed by atoms with Crippen molar-refractivity contribution in [2.75, 3.05) is 6.61 Å². The van der Waals surface area contributed by atoms with Gasteiger partial charge in [0.2, 0.25) is 0 Å². The van der Waals surface area contributed by atoms with Gasteiger partial charge in [-0.1, -0.05) is 24.0 Å². The van der Waals surface area contributed by atoms with E-state index in [4.69, 9.17) is 4.74 Å². The van der Waals surface area contributed by atoms with E-state index < -0.39 is 29.7 Å². The molecule has 3 atom stereocenters. The van der Waals surface area contributed by atoms with Gasteiger partial charge in [-0.2, -0.15) is 0 Å². The molecular formula is C26H25N3O5S2. The molecule has 10 heteroatoms. The summed E-state index contributed by atoms with van der Waals surface area (Å²) in [6.45, 7) is 0.417. The number of unbranched alkanes of at least 4 members (excludes halogenated alkanes) is 1. The lowest BCUT2D eigenvalue weighted by Gasteiger charge is -2.14. The van der Waals surface area contributed by atoms with Gasteiger partial charge in [-0.15, -0.1) is 22.7 Å². The zero-order chi connectivity index (χ0) is 25.1. The van der Waals surface area contributed by atoms with Crippen LogP contribution < -0.4 is 11.2 Å². The average molecular weight is 524 g/mol. The van der Waals surface area contributed by atoms with E-state index in [9.17, 15) is 19.8 Å². The molecule has 1 saturated heterocycles. The van der Waals surface area contributed by atoms with E-state index in [-0.39, 0.29) is 18.6 Å². The summed E-state index contributed by atoms with van der Waals surface area (Å²) in [5, 5.41) is 23.4. The Bertz CT molecular complexity index is 1440. The number of nitrogens with zero attached hydrogens (tertiary/aromatic N) is 2. The number of rotatable bonds is 7. The molecule has 0 spiro atoms. The zero-order valence-corrected chi connectivity index (χ0v) is 20.9. The maximum Gasteiger partial charge on any atom is 0.330 e. The van der Waals surface area contributed by atoms with Crippen LogP contribution in [0.1, 0.15) is 31.1 Å². The number of aliphatic hydroxyl groups is 2. The highest BCUT2D eigenvalue weighted by Crippen LogP contribution is 2.34. The van der Waals surface area contributed by atoms with Crippen LogP contribution in [-0.2, 0) is 11.3 Å². The first kappa shape index (κ1) is 24.5. The van der Waals surface area contributed by atoms with Crippen molar-refractivity contribution < 1.29 is 14.9 Å². The molecule has 1 aliphatic heterocycles. The highest BCUT2D eigenvalue weighted by Gasteiger charge is 2.35. The van der Waals surface area contributed by atoms with E-state index in [0.717, 1.165) is 13.0 Å². The predicted molar refractivity (Wildman–Crippen MR) is 140 cm³/mol. The van der Waals surface area contributed by atoms with E-state index in [1.807, 2.05) is 12.1 Å². The largest absolute Gasteiger partial charge is 0.394 e. The summed E-state index contributed by atoms with van der Waals surface area (Å²) in [6.07, 6.45) is 0.417. The summed E-state index contributed by atoms with van der Waals surface area (Å²) in [5.74, 6) is 5.93. The molecule has 5 heterocycles. The topological polar surface area (TPSA) is 109 Å². The van der Waals surface area contributed by atoms with Crippen LogP contribution in [0.4, 0.5) is 0 Å². The van der Waals surface area contributed by atoms with Crippen LogP contribution in [0.5, 0.6) is 0 Å². The van der Waals surface area contributed by atoms with E-state index in [1.54, 1.807) is 22.7 Å². The van der Waals surface area contributed by atoms with E-state index >= 15 is 0 Å². The molecule has 0 aliphatic carbocycles. The van der Waals surface area contributed by atoms with Gasteiger partial charge in [0.05, 0.1) is 33.9 Å². The summed E-state index contributed by atoms with van der Waals surface area (Å²) in [6, 6.07) is 12.6. The Labute approximate surface area is 215 Å². The molecule has 3 N–H and O–H groups in total. The lowest BCUT2D eigenvalue weighted by molar-refractivity contribution is -0.0459. The number of aromatic nitrogens is 3. The van der Waals surface area contributed by atoms with Crippen LogP contribution >= 0.6 is 22.7 Å². The second-order valence-electron chi connectivity index (χ2n) is 8.44. The van der Waals surface area contributed by atoms with Crippen LogP contribution in [0.15, 0.2) is 62.9 Å². The minimum atomic E-state index is -0.889. The number of hydrogen-bond donors (Lipinski definition) is 3. The van der Waals surface area contributed by atoms with Crippen molar-refractivity contribution in [2.45, 2.75) is 44.2 Å². The Balaban J connectivity index is 1.31. The van der Waals surface area contributed by atoms with Gasteiger partial charge in [0.25, 0.3) is 5.56 Å². The number of H-pyrrole nitrogens is 1. The van der Waals surface area contributed by atoms with Gasteiger partial charge in [-0.05, 0) is 41.4 Å². The average Bonchev–Trinajstić information content (AvgIpc) is 3.66. The number of thiophene rings is 2. The van der Waals surface area contributed by atoms with Crippen LogP contribution in [0.2, 0.25) is 0 Å². The Morgan fingerprint density at radius 1 is 1.08 bits per heavy atom. The number of aliphatic hydroxyl groups excluding tert-OH is 2. The first-order valence-corrected chi connectivity index (χ1v) is 13.4. The molecule has 4 aromatic rings. The lowest BCUT2D eigenvalue weighted by atomic mass is 10.2. The van der Waals surface area contributed by atoms with Crippen LogP contribution in [0.25, 0.3) is 21.1 Å². The number of nitrogens with one attached hydrogen (secondary N) is 1. The molecule has 0 radical (unpaired) electrons. The molecule has 0 bridgehead atoms. The van der Waals surface area contributed by atoms with Crippen molar-refractivity contribution in [3.05, 3.63) is 79.8 Å². The minimum Gasteiger partial charge on any atom is -0.394 e. The Morgan fingerprint density at radius 2 is 1.78 bits per heavy atom. The maximum atomic E-state index is 12.3. The van der Waals surface area contributed by atoms with E-state index in [2.05, 4.69) is 56.4 Å². The maximum absolute atomic E-state index is 12.3. The molecule has 0 aromatic carbocycles. The number of hydrogen-bond acceptors (Lipinski definition) is 7. The van der Waals surface area contributed by atoms with Gasteiger partial charge in [0.15, 0.2) is 0 Å². The molecule has 0 amide bonds. The van der Waals surface area contributed by atoms with Crippen LogP contribution in [-0.4, -0.2) is 43.1 Å². The zero-order valence-electron chi connectivity index (χ0n) is 19.3. The standard InChI is InChI=1S/C26H25N3O5S2/c30-16-21-20(31)14-24(34-21)29-15-17(25(32)27-26(29)33)6-2-1-3-11-28-18(22-7-4-12-35-22)9-10-19(28)23-8-5-13-36-23/h4-5,7-10,12-13,15,20-21,24,30-31H,1,3,11,14,16H2,(H,27,32,33)/t20-,21+,24+/m0/s1. The highest BCUT2D eigenvalue weighted by atomic mass is 32.1. The van der Waals surface area contributed by atoms with E-state index in [0.29, 0.717) is 6.42 Å². The number of ether oxygens (including phenoxy) is 1. The summed E-state index contributed by atoms with van der Waals surface area (Å²) < 4.78 is 9.07. The molecule has 8 nitrogen and oxygen atoms in total. The fraction of sp³-hybridized carbons (Fsp3) is 0.308. The summed E-state index contributed by atoms with van der Waals surface area (Å²) >= 11 is 3.41. The molecule has 186 valence electrons. The second kappa shape index (κ2) is 10.8.